The summed E-state index contributed by atoms with van der Waals surface area (Å²) in [6, 6.07) is 17.1. The summed E-state index contributed by atoms with van der Waals surface area (Å²) in [5.74, 6) is 0.506. The van der Waals surface area contributed by atoms with Gasteiger partial charge in [-0.3, -0.25) is 4.79 Å². The van der Waals surface area contributed by atoms with E-state index in [2.05, 4.69) is 5.32 Å². The molecule has 0 radical (unpaired) electrons. The third kappa shape index (κ3) is 3.48. The van der Waals surface area contributed by atoms with Crippen molar-refractivity contribution in [3.63, 3.8) is 0 Å². The zero-order chi connectivity index (χ0) is 14.4. The van der Waals surface area contributed by atoms with E-state index in [-0.39, 0.29) is 5.91 Å². The maximum absolute atomic E-state index is 12.1. The van der Waals surface area contributed by atoms with Crippen LogP contribution in [0.4, 0.5) is 5.69 Å². The zero-order valence-electron chi connectivity index (χ0n) is 11.6. The summed E-state index contributed by atoms with van der Waals surface area (Å²) in [5.41, 5.74) is 2.31. The molecule has 102 valence electrons. The summed E-state index contributed by atoms with van der Waals surface area (Å²) < 4.78 is 5.21. The number of carbonyl (C=O) groups is 1. The Kier molecular flexibility index (Phi) is 4.56. The highest BCUT2D eigenvalue weighted by Gasteiger charge is 2.08. The Balaban J connectivity index is 2.14. The minimum Gasteiger partial charge on any atom is -0.495 e. The first-order chi connectivity index (χ1) is 9.70. The highest BCUT2D eigenvalue weighted by Crippen LogP contribution is 2.23. The van der Waals surface area contributed by atoms with Gasteiger partial charge in [-0.25, -0.2) is 0 Å². The highest BCUT2D eigenvalue weighted by atomic mass is 16.5. The molecule has 3 nitrogen and oxygen atoms in total. The summed E-state index contributed by atoms with van der Waals surface area (Å²) >= 11 is 0. The smallest absolute Gasteiger partial charge is 0.251 e. The Bertz CT molecular complexity index is 618. The molecule has 0 aliphatic rings. The Morgan fingerprint density at radius 2 is 1.70 bits per heavy atom. The molecule has 0 atom stereocenters. The van der Waals surface area contributed by atoms with Crippen molar-refractivity contribution in [1.29, 1.82) is 0 Å². The fourth-order valence-corrected chi connectivity index (χ4v) is 1.83. The number of ether oxygens (including phenoxy) is 1. The monoisotopic (exact) mass is 267 g/mol. The molecule has 0 aliphatic heterocycles. The topological polar surface area (TPSA) is 38.3 Å². The molecule has 0 spiro atoms. The lowest BCUT2D eigenvalue weighted by atomic mass is 10.1. The maximum atomic E-state index is 12.1. The normalized spacial score (nSPS) is 11.0. The van der Waals surface area contributed by atoms with Crippen molar-refractivity contribution >= 4 is 17.7 Å². The molecular formula is C17H17NO2. The number of hydrogen-bond acceptors (Lipinski definition) is 2. The first kappa shape index (κ1) is 13.9. The number of anilines is 1. The average Bonchev–Trinajstić information content (AvgIpc) is 2.48. The predicted octanol–water partition coefficient (Wildman–Crippen LogP) is 3.74. The van der Waals surface area contributed by atoms with Crippen LogP contribution < -0.4 is 10.1 Å². The van der Waals surface area contributed by atoms with Crippen LogP contribution in [0.2, 0.25) is 0 Å². The van der Waals surface area contributed by atoms with Crippen LogP contribution in [0.3, 0.4) is 0 Å². The molecule has 2 aromatic rings. The van der Waals surface area contributed by atoms with Gasteiger partial charge in [-0.2, -0.15) is 0 Å². The molecule has 3 heteroatoms. The molecule has 0 heterocycles. The third-order valence-corrected chi connectivity index (χ3v) is 2.90. The van der Waals surface area contributed by atoms with Gasteiger partial charge in [0.15, 0.2) is 0 Å². The predicted molar refractivity (Wildman–Crippen MR) is 81.7 cm³/mol. The lowest BCUT2D eigenvalue weighted by Crippen LogP contribution is -2.13. The van der Waals surface area contributed by atoms with Gasteiger partial charge in [0.25, 0.3) is 5.91 Å². The van der Waals surface area contributed by atoms with Gasteiger partial charge in [0.05, 0.1) is 12.8 Å². The first-order valence-electron chi connectivity index (χ1n) is 6.38. The average molecular weight is 267 g/mol. The van der Waals surface area contributed by atoms with Crippen molar-refractivity contribution in [1.82, 2.24) is 0 Å². The van der Waals surface area contributed by atoms with Gasteiger partial charge in [0.1, 0.15) is 5.75 Å². The number of carbonyl (C=O) groups excluding carboxylic acids is 1. The number of methoxy groups -OCH3 is 1. The van der Waals surface area contributed by atoms with Gasteiger partial charge in [0.2, 0.25) is 0 Å². The largest absolute Gasteiger partial charge is 0.495 e. The fraction of sp³-hybridized carbons (Fsp3) is 0.118. The SMILES string of the molecule is COc1ccccc1NC(=O)C(C)=Cc1ccccc1. The summed E-state index contributed by atoms with van der Waals surface area (Å²) in [7, 11) is 1.58. The molecule has 0 unspecified atom stereocenters. The van der Waals surface area contributed by atoms with Crippen LogP contribution in [-0.2, 0) is 4.79 Å². The van der Waals surface area contributed by atoms with Crippen LogP contribution in [0.15, 0.2) is 60.2 Å². The van der Waals surface area contributed by atoms with E-state index in [1.807, 2.05) is 60.7 Å². The molecule has 20 heavy (non-hydrogen) atoms. The summed E-state index contributed by atoms with van der Waals surface area (Å²) in [5, 5.41) is 2.85. The number of hydrogen-bond donors (Lipinski definition) is 1. The van der Waals surface area contributed by atoms with Gasteiger partial charge >= 0.3 is 0 Å². The molecule has 2 rings (SSSR count). The molecule has 0 aromatic heterocycles. The molecular weight excluding hydrogens is 250 g/mol. The Labute approximate surface area is 118 Å². The zero-order valence-corrected chi connectivity index (χ0v) is 11.6. The van der Waals surface area contributed by atoms with E-state index < -0.39 is 0 Å². The van der Waals surface area contributed by atoms with Gasteiger partial charge in [-0.15, -0.1) is 0 Å². The standard InChI is InChI=1S/C17H17NO2/c1-13(12-14-8-4-3-5-9-14)17(19)18-15-10-6-7-11-16(15)20-2/h3-12H,1-2H3,(H,18,19). The van der Waals surface area contributed by atoms with Crippen LogP contribution >= 0.6 is 0 Å². The minimum atomic E-state index is -0.140. The molecule has 2 aromatic carbocycles. The molecule has 0 fully saturated rings. The lowest BCUT2D eigenvalue weighted by molar-refractivity contribution is -0.112. The van der Waals surface area contributed by atoms with Crippen LogP contribution in [-0.4, -0.2) is 13.0 Å². The van der Waals surface area contributed by atoms with Crippen LogP contribution in [0.1, 0.15) is 12.5 Å². The summed E-state index contributed by atoms with van der Waals surface area (Å²) in [6.07, 6.45) is 1.85. The lowest BCUT2D eigenvalue weighted by Gasteiger charge is -2.10. The molecule has 0 aliphatic carbocycles. The van der Waals surface area contributed by atoms with Crippen LogP contribution in [0, 0.1) is 0 Å². The Morgan fingerprint density at radius 1 is 1.05 bits per heavy atom. The first-order valence-corrected chi connectivity index (χ1v) is 6.38. The molecule has 1 N–H and O–H groups in total. The number of benzene rings is 2. The van der Waals surface area contributed by atoms with Crippen molar-refractivity contribution in [2.45, 2.75) is 6.92 Å². The van der Waals surface area contributed by atoms with E-state index in [1.54, 1.807) is 14.0 Å². The maximum Gasteiger partial charge on any atom is 0.251 e. The number of nitrogens with one attached hydrogen (secondary N) is 1. The second-order valence-corrected chi connectivity index (χ2v) is 4.39. The molecule has 1 amide bonds. The van der Waals surface area contributed by atoms with Crippen LogP contribution in [0.5, 0.6) is 5.75 Å². The fourth-order valence-electron chi connectivity index (χ4n) is 1.83. The van der Waals surface area contributed by atoms with E-state index in [4.69, 9.17) is 4.74 Å². The van der Waals surface area contributed by atoms with Crippen LogP contribution in [0.25, 0.3) is 6.08 Å². The Morgan fingerprint density at radius 3 is 2.40 bits per heavy atom. The number of amides is 1. The molecule has 0 saturated carbocycles. The summed E-state index contributed by atoms with van der Waals surface area (Å²) in [4.78, 5) is 12.1. The second kappa shape index (κ2) is 6.57. The van der Waals surface area contributed by atoms with Crippen molar-refractivity contribution in [2.75, 3.05) is 12.4 Å². The van der Waals surface area contributed by atoms with E-state index >= 15 is 0 Å². The molecule has 0 saturated heterocycles. The van der Waals surface area contributed by atoms with E-state index in [0.717, 1.165) is 5.56 Å². The third-order valence-electron chi connectivity index (χ3n) is 2.90. The van der Waals surface area contributed by atoms with E-state index in [0.29, 0.717) is 17.0 Å². The second-order valence-electron chi connectivity index (χ2n) is 4.39. The number of para-hydroxylation sites is 2. The summed E-state index contributed by atoms with van der Waals surface area (Å²) in [6.45, 7) is 1.79. The number of rotatable bonds is 4. The van der Waals surface area contributed by atoms with Gasteiger partial charge in [-0.1, -0.05) is 42.5 Å². The van der Waals surface area contributed by atoms with E-state index in [9.17, 15) is 4.79 Å². The van der Waals surface area contributed by atoms with Gasteiger partial charge in [0, 0.05) is 5.57 Å². The van der Waals surface area contributed by atoms with Gasteiger partial charge in [-0.05, 0) is 30.7 Å². The van der Waals surface area contributed by atoms with Crippen molar-refractivity contribution in [3.05, 3.63) is 65.7 Å². The quantitative estimate of drug-likeness (QED) is 0.857. The molecule has 0 bridgehead atoms. The van der Waals surface area contributed by atoms with Crippen molar-refractivity contribution in [3.8, 4) is 5.75 Å². The Hall–Kier alpha value is -2.55. The van der Waals surface area contributed by atoms with Gasteiger partial charge < -0.3 is 10.1 Å². The minimum absolute atomic E-state index is 0.140. The van der Waals surface area contributed by atoms with E-state index in [1.165, 1.54) is 0 Å². The highest BCUT2D eigenvalue weighted by molar-refractivity contribution is 6.06. The van der Waals surface area contributed by atoms with Crippen molar-refractivity contribution in [2.24, 2.45) is 0 Å². The van der Waals surface area contributed by atoms with Crippen molar-refractivity contribution < 1.29 is 9.53 Å².